The maximum atomic E-state index is 13.7. The van der Waals surface area contributed by atoms with E-state index in [1.165, 1.54) is 16.9 Å². The molecule has 1 atom stereocenters. The topological polar surface area (TPSA) is 56.7 Å². The van der Waals surface area contributed by atoms with Gasteiger partial charge in [-0.05, 0) is 24.6 Å². The van der Waals surface area contributed by atoms with E-state index in [2.05, 4.69) is 10.3 Å². The summed E-state index contributed by atoms with van der Waals surface area (Å²) in [6, 6.07) is 4.72. The fourth-order valence-electron chi connectivity index (χ4n) is 1.56. The van der Waals surface area contributed by atoms with Crippen LogP contribution in [-0.4, -0.2) is 15.0 Å². The Kier molecular flexibility index (Phi) is 2.70. The van der Waals surface area contributed by atoms with Gasteiger partial charge in [0.15, 0.2) is 0 Å². The molecule has 0 fully saturated rings. The first-order chi connectivity index (χ1) is 7.59. The third-order valence-electron chi connectivity index (χ3n) is 2.51. The second-order valence-electron chi connectivity index (χ2n) is 3.77. The molecule has 1 aromatic carbocycles. The number of aryl methyl sites for hydroxylation is 1. The van der Waals surface area contributed by atoms with Crippen molar-refractivity contribution in [3.05, 3.63) is 35.8 Å². The molecule has 16 heavy (non-hydrogen) atoms. The van der Waals surface area contributed by atoms with Crippen LogP contribution in [0.25, 0.3) is 11.3 Å². The molecule has 5 heteroatoms. The van der Waals surface area contributed by atoms with Crippen LogP contribution in [0.3, 0.4) is 0 Å². The summed E-state index contributed by atoms with van der Waals surface area (Å²) in [7, 11) is 1.72. The first-order valence-corrected chi connectivity index (χ1v) is 4.99. The zero-order valence-corrected chi connectivity index (χ0v) is 9.18. The molecule has 4 nitrogen and oxygen atoms in total. The average molecular weight is 220 g/mol. The number of nitrogens with zero attached hydrogens (tertiary/aromatic N) is 3. The van der Waals surface area contributed by atoms with E-state index in [0.29, 0.717) is 11.3 Å². The lowest BCUT2D eigenvalue weighted by Gasteiger charge is -2.09. The van der Waals surface area contributed by atoms with Crippen LogP contribution < -0.4 is 5.73 Å². The summed E-state index contributed by atoms with van der Waals surface area (Å²) < 4.78 is 15.2. The molecule has 1 heterocycles. The van der Waals surface area contributed by atoms with E-state index >= 15 is 0 Å². The highest BCUT2D eigenvalue weighted by Crippen LogP contribution is 2.24. The van der Waals surface area contributed by atoms with Crippen molar-refractivity contribution in [2.75, 3.05) is 0 Å². The molecule has 0 spiro atoms. The number of aromatic nitrogens is 3. The van der Waals surface area contributed by atoms with Crippen molar-refractivity contribution in [2.45, 2.75) is 13.0 Å². The summed E-state index contributed by atoms with van der Waals surface area (Å²) in [6.45, 7) is 1.86. The van der Waals surface area contributed by atoms with Crippen LogP contribution in [0.4, 0.5) is 4.39 Å². The Balaban J connectivity index is 2.56. The maximum Gasteiger partial charge on any atom is 0.132 e. The highest BCUT2D eigenvalue weighted by molar-refractivity contribution is 5.60. The summed E-state index contributed by atoms with van der Waals surface area (Å²) in [5, 5.41) is 7.51. The van der Waals surface area contributed by atoms with Gasteiger partial charge in [0.2, 0.25) is 0 Å². The zero-order chi connectivity index (χ0) is 11.7. The lowest BCUT2D eigenvalue weighted by molar-refractivity contribution is 0.625. The highest BCUT2D eigenvalue weighted by atomic mass is 19.1. The van der Waals surface area contributed by atoms with Gasteiger partial charge in [-0.25, -0.2) is 9.07 Å². The smallest absolute Gasteiger partial charge is 0.132 e. The molecule has 0 saturated carbocycles. The van der Waals surface area contributed by atoms with Gasteiger partial charge in [0.05, 0.1) is 11.9 Å². The van der Waals surface area contributed by atoms with Gasteiger partial charge in [0, 0.05) is 18.7 Å². The fraction of sp³-hybridized carbons (Fsp3) is 0.273. The molecule has 0 aliphatic carbocycles. The summed E-state index contributed by atoms with van der Waals surface area (Å²) in [4.78, 5) is 0. The Bertz CT molecular complexity index is 504. The third-order valence-corrected chi connectivity index (χ3v) is 2.51. The van der Waals surface area contributed by atoms with Crippen LogP contribution in [0.1, 0.15) is 18.5 Å². The van der Waals surface area contributed by atoms with Crippen molar-refractivity contribution < 1.29 is 4.39 Å². The van der Waals surface area contributed by atoms with Gasteiger partial charge in [0.1, 0.15) is 5.82 Å². The number of hydrogen-bond acceptors (Lipinski definition) is 3. The molecule has 0 aliphatic heterocycles. The minimum absolute atomic E-state index is 0.125. The van der Waals surface area contributed by atoms with Crippen molar-refractivity contribution in [2.24, 2.45) is 12.8 Å². The third kappa shape index (κ3) is 1.81. The number of benzene rings is 1. The summed E-state index contributed by atoms with van der Waals surface area (Å²) in [5.41, 5.74) is 7.76. The molecule has 0 bridgehead atoms. The Morgan fingerprint density at radius 2 is 2.19 bits per heavy atom. The van der Waals surface area contributed by atoms with Crippen LogP contribution in [0.5, 0.6) is 0 Å². The molecule has 0 saturated heterocycles. The lowest BCUT2D eigenvalue weighted by atomic mass is 10.0. The minimum atomic E-state index is -0.296. The Morgan fingerprint density at radius 3 is 2.75 bits per heavy atom. The lowest BCUT2D eigenvalue weighted by Crippen LogP contribution is -2.06. The van der Waals surface area contributed by atoms with Gasteiger partial charge in [0.25, 0.3) is 0 Å². The van der Waals surface area contributed by atoms with Gasteiger partial charge >= 0.3 is 0 Å². The van der Waals surface area contributed by atoms with Crippen molar-refractivity contribution in [3.63, 3.8) is 0 Å². The Morgan fingerprint density at radius 1 is 1.44 bits per heavy atom. The monoisotopic (exact) mass is 220 g/mol. The predicted octanol–water partition coefficient (Wildman–Crippen LogP) is 1.64. The highest BCUT2D eigenvalue weighted by Gasteiger charge is 2.11. The van der Waals surface area contributed by atoms with Crippen molar-refractivity contribution in [3.8, 4) is 11.3 Å². The number of hydrogen-bond donors (Lipinski definition) is 1. The van der Waals surface area contributed by atoms with Crippen molar-refractivity contribution in [1.29, 1.82) is 0 Å². The summed E-state index contributed by atoms with van der Waals surface area (Å²) in [6.07, 6.45) is 1.53. The minimum Gasteiger partial charge on any atom is -0.324 e. The molecule has 2 rings (SSSR count). The largest absolute Gasteiger partial charge is 0.324 e. The van der Waals surface area contributed by atoms with E-state index in [4.69, 9.17) is 5.73 Å². The van der Waals surface area contributed by atoms with E-state index < -0.39 is 0 Å². The Labute approximate surface area is 92.9 Å². The van der Waals surface area contributed by atoms with E-state index in [1.807, 2.05) is 6.92 Å². The molecule has 84 valence electrons. The van der Waals surface area contributed by atoms with Gasteiger partial charge in [-0.3, -0.25) is 0 Å². The standard InChI is InChI=1S/C11H13FN4/c1-7(13)8-3-4-10(12)9(5-8)11-6-14-15-16(11)2/h3-7H,13H2,1-2H3. The van der Waals surface area contributed by atoms with Crippen LogP contribution in [0, 0.1) is 5.82 Å². The zero-order valence-electron chi connectivity index (χ0n) is 9.18. The molecule has 1 unspecified atom stereocenters. The van der Waals surface area contributed by atoms with E-state index in [9.17, 15) is 4.39 Å². The van der Waals surface area contributed by atoms with Gasteiger partial charge in [-0.2, -0.15) is 0 Å². The van der Waals surface area contributed by atoms with Gasteiger partial charge in [-0.15, -0.1) is 5.10 Å². The second kappa shape index (κ2) is 4.02. The van der Waals surface area contributed by atoms with Crippen LogP contribution in [0.15, 0.2) is 24.4 Å². The molecule has 0 aliphatic rings. The van der Waals surface area contributed by atoms with Crippen LogP contribution in [0.2, 0.25) is 0 Å². The summed E-state index contributed by atoms with van der Waals surface area (Å²) in [5.74, 6) is -0.296. The molecular formula is C11H13FN4. The molecule has 1 aromatic heterocycles. The first-order valence-electron chi connectivity index (χ1n) is 4.99. The number of rotatable bonds is 2. The normalized spacial score (nSPS) is 12.8. The maximum absolute atomic E-state index is 13.7. The van der Waals surface area contributed by atoms with E-state index in [-0.39, 0.29) is 11.9 Å². The fourth-order valence-corrected chi connectivity index (χ4v) is 1.56. The molecule has 2 N–H and O–H groups in total. The molecule has 0 radical (unpaired) electrons. The molecular weight excluding hydrogens is 207 g/mol. The van der Waals surface area contributed by atoms with Crippen LogP contribution in [-0.2, 0) is 7.05 Å². The molecule has 2 aromatic rings. The predicted molar refractivity (Wildman–Crippen MR) is 59.0 cm³/mol. The van der Waals surface area contributed by atoms with Crippen molar-refractivity contribution in [1.82, 2.24) is 15.0 Å². The van der Waals surface area contributed by atoms with E-state index in [1.54, 1.807) is 19.2 Å². The van der Waals surface area contributed by atoms with Gasteiger partial charge in [-0.1, -0.05) is 11.3 Å². The Hall–Kier alpha value is -1.75. The summed E-state index contributed by atoms with van der Waals surface area (Å²) >= 11 is 0. The van der Waals surface area contributed by atoms with Gasteiger partial charge < -0.3 is 5.73 Å². The number of halogens is 1. The van der Waals surface area contributed by atoms with Crippen LogP contribution >= 0.6 is 0 Å². The quantitative estimate of drug-likeness (QED) is 0.837. The van der Waals surface area contributed by atoms with E-state index in [0.717, 1.165) is 5.56 Å². The van der Waals surface area contributed by atoms with Crippen molar-refractivity contribution >= 4 is 0 Å². The number of nitrogens with two attached hydrogens (primary N) is 1. The SMILES string of the molecule is CC(N)c1ccc(F)c(-c2cnnn2C)c1. The molecule has 0 amide bonds. The second-order valence-corrected chi connectivity index (χ2v) is 3.77. The first kappa shape index (κ1) is 10.8. The average Bonchev–Trinajstić information content (AvgIpc) is 2.65.